The van der Waals surface area contributed by atoms with Gasteiger partial charge in [0.15, 0.2) is 17.2 Å². The quantitative estimate of drug-likeness (QED) is 0.531. The number of rotatable bonds is 4. The van der Waals surface area contributed by atoms with E-state index in [2.05, 4.69) is 21.7 Å². The summed E-state index contributed by atoms with van der Waals surface area (Å²) >= 11 is 0. The van der Waals surface area contributed by atoms with Crippen molar-refractivity contribution in [3.8, 4) is 11.8 Å². The Kier molecular flexibility index (Phi) is 7.87. The first kappa shape index (κ1) is 31.6. The SMILES string of the molecule is C[C@H]1[C@H]2[C@@H](CC[C@H]1F)CN(C(=O)[C@@H](NC(=O)C(C)(C)F)C(C)(C)C)[C@@H]2C(=O)N1C[C@@]2(C[C@H]1C#N)Oc1cccnc1NC2=O. The lowest BCUT2D eigenvalue weighted by atomic mass is 9.70. The van der Waals surface area contributed by atoms with Crippen molar-refractivity contribution in [2.24, 2.45) is 23.2 Å². The summed E-state index contributed by atoms with van der Waals surface area (Å²) in [5.74, 6) is -3.49. The van der Waals surface area contributed by atoms with Gasteiger partial charge in [0.2, 0.25) is 17.4 Å². The monoisotopic (exact) mass is 614 g/mol. The molecule has 3 fully saturated rings. The van der Waals surface area contributed by atoms with E-state index in [9.17, 15) is 28.8 Å². The first-order chi connectivity index (χ1) is 20.5. The van der Waals surface area contributed by atoms with Crippen LogP contribution in [0.25, 0.3) is 0 Å². The fourth-order valence-corrected chi connectivity index (χ4v) is 7.15. The summed E-state index contributed by atoms with van der Waals surface area (Å²) in [6.07, 6.45) is 0.929. The Hall–Kier alpha value is -3.82. The second kappa shape index (κ2) is 11.0. The van der Waals surface area contributed by atoms with Gasteiger partial charge in [-0.3, -0.25) is 19.2 Å². The van der Waals surface area contributed by atoms with Crippen molar-refractivity contribution < 1.29 is 32.7 Å². The average Bonchev–Trinajstić information content (AvgIpc) is 3.52. The normalized spacial score (nSPS) is 32.2. The minimum atomic E-state index is -2.26. The summed E-state index contributed by atoms with van der Waals surface area (Å²) in [7, 11) is 0. The average molecular weight is 615 g/mol. The second-order valence-electron chi connectivity index (χ2n) is 14.2. The number of halogens is 2. The summed E-state index contributed by atoms with van der Waals surface area (Å²) in [5.41, 5.74) is -4.68. The maximum Gasteiger partial charge on any atom is 0.271 e. The molecule has 8 atom stereocenters. The molecule has 5 rings (SSSR count). The number of ether oxygens (including phenoxy) is 1. The molecule has 4 aliphatic rings. The van der Waals surface area contributed by atoms with Crippen molar-refractivity contribution in [2.75, 3.05) is 18.4 Å². The predicted octanol–water partition coefficient (Wildman–Crippen LogP) is 2.77. The third-order valence-electron chi connectivity index (χ3n) is 9.61. The van der Waals surface area contributed by atoms with Gasteiger partial charge in [-0.05, 0) is 62.0 Å². The molecule has 0 unspecified atom stereocenters. The Morgan fingerprint density at radius 2 is 1.93 bits per heavy atom. The lowest BCUT2D eigenvalue weighted by Gasteiger charge is -2.40. The van der Waals surface area contributed by atoms with Gasteiger partial charge in [0.1, 0.15) is 24.3 Å². The maximum atomic E-state index is 15.2. The van der Waals surface area contributed by atoms with Gasteiger partial charge in [0, 0.05) is 19.2 Å². The van der Waals surface area contributed by atoms with Crippen LogP contribution in [0.2, 0.25) is 0 Å². The predicted molar refractivity (Wildman–Crippen MR) is 154 cm³/mol. The Balaban J connectivity index is 1.51. The Morgan fingerprint density at radius 1 is 1.23 bits per heavy atom. The molecule has 13 heteroatoms. The Labute approximate surface area is 255 Å². The highest BCUT2D eigenvalue weighted by Crippen LogP contribution is 2.47. The number of amides is 4. The number of fused-ring (bicyclic) bond motifs is 2. The Bertz CT molecular complexity index is 1400. The van der Waals surface area contributed by atoms with Gasteiger partial charge in [0.05, 0.1) is 12.6 Å². The molecule has 238 valence electrons. The van der Waals surface area contributed by atoms with Crippen molar-refractivity contribution in [3.63, 3.8) is 0 Å². The van der Waals surface area contributed by atoms with E-state index in [0.717, 1.165) is 13.8 Å². The van der Waals surface area contributed by atoms with E-state index < -0.39 is 76.4 Å². The summed E-state index contributed by atoms with van der Waals surface area (Å²) in [4.78, 5) is 61.7. The fourth-order valence-electron chi connectivity index (χ4n) is 7.15. The van der Waals surface area contributed by atoms with Crippen LogP contribution >= 0.6 is 0 Å². The molecule has 3 aliphatic heterocycles. The third-order valence-corrected chi connectivity index (χ3v) is 9.61. The minimum absolute atomic E-state index is 0.113. The van der Waals surface area contributed by atoms with Crippen LogP contribution in [0.5, 0.6) is 5.75 Å². The largest absolute Gasteiger partial charge is 0.472 e. The zero-order valence-electron chi connectivity index (χ0n) is 25.9. The molecule has 1 aromatic heterocycles. The lowest BCUT2D eigenvalue weighted by Crippen LogP contribution is -2.61. The molecule has 0 aromatic carbocycles. The number of alkyl halides is 2. The molecule has 4 heterocycles. The highest BCUT2D eigenvalue weighted by Gasteiger charge is 2.60. The number of nitriles is 1. The summed E-state index contributed by atoms with van der Waals surface area (Å²) in [6.45, 7) is 8.97. The van der Waals surface area contributed by atoms with Crippen molar-refractivity contribution in [1.29, 1.82) is 5.26 Å². The van der Waals surface area contributed by atoms with Gasteiger partial charge < -0.3 is 25.2 Å². The van der Waals surface area contributed by atoms with Crippen LogP contribution in [0.1, 0.15) is 60.8 Å². The van der Waals surface area contributed by atoms with E-state index in [0.29, 0.717) is 12.2 Å². The molecule has 0 radical (unpaired) electrons. The number of hydrogen-bond donors (Lipinski definition) is 2. The minimum Gasteiger partial charge on any atom is -0.472 e. The van der Waals surface area contributed by atoms with E-state index >= 15 is 4.39 Å². The first-order valence-corrected chi connectivity index (χ1v) is 15.1. The summed E-state index contributed by atoms with van der Waals surface area (Å²) in [6, 6.07) is 1.97. The number of anilines is 1. The van der Waals surface area contributed by atoms with Crippen LogP contribution in [-0.4, -0.2) is 87.1 Å². The van der Waals surface area contributed by atoms with Crippen molar-refractivity contribution >= 4 is 29.4 Å². The van der Waals surface area contributed by atoms with E-state index in [1.54, 1.807) is 39.8 Å². The molecule has 1 aliphatic carbocycles. The molecule has 44 heavy (non-hydrogen) atoms. The van der Waals surface area contributed by atoms with E-state index in [-0.39, 0.29) is 37.7 Å². The standard InChI is InChI=1S/C31H40F2N6O5/c1-16-19(32)10-9-17-14-38(26(41)23(29(2,3)4)36-27(42)30(5,6)33)22(21(16)17)25(40)39-15-31(12-18(39)13-34)28(43)37-24-20(44-31)8-7-11-35-24/h7-8,11,16-19,21-23H,9-10,12,14-15H2,1-6H3,(H,36,42)(H,35,37,43)/t16-,17+,18+,19-,21+,22+,23-,31-/m1/s1. The number of nitrogens with one attached hydrogen (secondary N) is 2. The van der Waals surface area contributed by atoms with Gasteiger partial charge >= 0.3 is 0 Å². The van der Waals surface area contributed by atoms with Crippen LogP contribution < -0.4 is 15.4 Å². The Morgan fingerprint density at radius 3 is 2.57 bits per heavy atom. The highest BCUT2D eigenvalue weighted by atomic mass is 19.1. The number of nitrogens with zero attached hydrogens (tertiary/aromatic N) is 4. The zero-order valence-corrected chi connectivity index (χ0v) is 25.9. The van der Waals surface area contributed by atoms with Crippen LogP contribution in [0.4, 0.5) is 14.6 Å². The molecule has 2 saturated heterocycles. The van der Waals surface area contributed by atoms with Crippen LogP contribution in [-0.2, 0) is 19.2 Å². The smallest absolute Gasteiger partial charge is 0.271 e. The zero-order chi connectivity index (χ0) is 32.4. The molecule has 1 spiro atoms. The molecular weight excluding hydrogens is 574 g/mol. The first-order valence-electron chi connectivity index (χ1n) is 15.1. The molecule has 1 aromatic rings. The summed E-state index contributed by atoms with van der Waals surface area (Å²) in [5, 5.41) is 15.4. The van der Waals surface area contributed by atoms with Gasteiger partial charge in [-0.25, -0.2) is 13.8 Å². The maximum absolute atomic E-state index is 15.2. The molecular formula is C31H40F2N6O5. The van der Waals surface area contributed by atoms with Gasteiger partial charge in [0.25, 0.3) is 11.8 Å². The second-order valence-corrected chi connectivity index (χ2v) is 14.2. The van der Waals surface area contributed by atoms with Crippen molar-refractivity contribution in [2.45, 2.75) is 96.4 Å². The highest BCUT2D eigenvalue weighted by molar-refractivity contribution is 6.01. The van der Waals surface area contributed by atoms with Crippen molar-refractivity contribution in [3.05, 3.63) is 18.3 Å². The van der Waals surface area contributed by atoms with Crippen LogP contribution in [0.3, 0.4) is 0 Å². The number of hydrogen-bond acceptors (Lipinski definition) is 7. The van der Waals surface area contributed by atoms with E-state index in [1.165, 1.54) is 16.0 Å². The van der Waals surface area contributed by atoms with Gasteiger partial charge in [-0.15, -0.1) is 0 Å². The lowest BCUT2D eigenvalue weighted by molar-refractivity contribution is -0.150. The molecule has 11 nitrogen and oxygen atoms in total. The summed E-state index contributed by atoms with van der Waals surface area (Å²) < 4.78 is 35.9. The number of aromatic nitrogens is 1. The van der Waals surface area contributed by atoms with Gasteiger partial charge in [-0.1, -0.05) is 27.7 Å². The topological polar surface area (TPSA) is 145 Å². The fraction of sp³-hybridized carbons (Fsp3) is 0.677. The van der Waals surface area contributed by atoms with E-state index in [1.807, 2.05) is 0 Å². The third kappa shape index (κ3) is 5.37. The molecule has 0 bridgehead atoms. The van der Waals surface area contributed by atoms with Crippen LogP contribution in [0.15, 0.2) is 18.3 Å². The van der Waals surface area contributed by atoms with Crippen LogP contribution in [0, 0.1) is 34.5 Å². The number of pyridine rings is 1. The number of carbonyl (C=O) groups excluding carboxylic acids is 4. The number of carbonyl (C=O) groups is 4. The van der Waals surface area contributed by atoms with Crippen molar-refractivity contribution in [1.82, 2.24) is 20.1 Å². The number of likely N-dealkylation sites (tertiary alicyclic amines) is 2. The molecule has 1 saturated carbocycles. The molecule has 2 N–H and O–H groups in total. The molecule has 4 amide bonds. The van der Waals surface area contributed by atoms with Gasteiger partial charge in [-0.2, -0.15) is 5.26 Å². The van der Waals surface area contributed by atoms with E-state index in [4.69, 9.17) is 4.74 Å².